The molecule has 2 heterocycles. The molecule has 1 aromatic heterocycles. The number of thiazole rings is 1. The molecular weight excluding hydrogens is 234 g/mol. The fourth-order valence-electron chi connectivity index (χ4n) is 1.92. The molecule has 4 nitrogen and oxygen atoms in total. The van der Waals surface area contributed by atoms with Crippen LogP contribution >= 0.6 is 11.3 Å². The molecule has 0 saturated heterocycles. The molecule has 0 radical (unpaired) electrons. The largest absolute Gasteiger partial charge is 0.510 e. The average molecular weight is 251 g/mol. The van der Waals surface area contributed by atoms with Crippen molar-refractivity contribution < 1.29 is 5.11 Å². The van der Waals surface area contributed by atoms with E-state index in [9.17, 15) is 5.11 Å². The molecule has 0 bridgehead atoms. The summed E-state index contributed by atoms with van der Waals surface area (Å²) in [4.78, 5) is 6.24. The molecule has 0 aliphatic carbocycles. The number of hydrogen-bond acceptors (Lipinski definition) is 4. The number of aromatic nitrogens is 1. The van der Waals surface area contributed by atoms with E-state index in [1.54, 1.807) is 0 Å². The van der Waals surface area contributed by atoms with Crippen LogP contribution < -0.4 is 0 Å². The van der Waals surface area contributed by atoms with Crippen LogP contribution in [0.4, 0.5) is 0 Å². The Labute approximate surface area is 105 Å². The molecule has 2 rings (SSSR count). The van der Waals surface area contributed by atoms with Crippen molar-refractivity contribution in [2.75, 3.05) is 13.1 Å². The number of nitrogens with one attached hydrogen (secondary N) is 1. The predicted octanol–water partition coefficient (Wildman–Crippen LogP) is 2.67. The maximum atomic E-state index is 9.97. The van der Waals surface area contributed by atoms with Crippen molar-refractivity contribution in [3.05, 3.63) is 21.8 Å². The molecule has 1 aromatic rings. The summed E-state index contributed by atoms with van der Waals surface area (Å²) in [5.74, 6) is 1.14. The quantitative estimate of drug-likeness (QED) is 0.868. The Hall–Kier alpha value is -1.36. The molecule has 0 unspecified atom stereocenters. The van der Waals surface area contributed by atoms with Gasteiger partial charge >= 0.3 is 0 Å². The normalized spacial score (nSPS) is 16.5. The maximum absolute atomic E-state index is 9.97. The van der Waals surface area contributed by atoms with E-state index in [0.29, 0.717) is 23.9 Å². The van der Waals surface area contributed by atoms with Crippen LogP contribution in [0.15, 0.2) is 11.1 Å². The Morgan fingerprint density at radius 3 is 2.82 bits per heavy atom. The van der Waals surface area contributed by atoms with Crippen LogP contribution in [0.1, 0.15) is 24.5 Å². The Morgan fingerprint density at radius 2 is 2.29 bits per heavy atom. The minimum absolute atomic E-state index is 0.269. The van der Waals surface area contributed by atoms with Gasteiger partial charge in [0.05, 0.1) is 12.1 Å². The van der Waals surface area contributed by atoms with E-state index in [1.165, 1.54) is 11.3 Å². The number of nitrogens with zero attached hydrogens (tertiary/aromatic N) is 2. The average Bonchev–Trinajstić information content (AvgIpc) is 2.72. The highest BCUT2D eigenvalue weighted by atomic mass is 32.1. The highest BCUT2D eigenvalue weighted by Gasteiger charge is 2.30. The first kappa shape index (κ1) is 12.1. The Balaban J connectivity index is 2.24. The lowest BCUT2D eigenvalue weighted by Gasteiger charge is -2.20. The number of aliphatic hydroxyl groups excluding tert-OH is 1. The monoisotopic (exact) mass is 251 g/mol. The van der Waals surface area contributed by atoms with E-state index < -0.39 is 0 Å². The van der Waals surface area contributed by atoms with Gasteiger partial charge in [-0.15, -0.1) is 11.3 Å². The topological polar surface area (TPSA) is 60.2 Å². The lowest BCUT2D eigenvalue weighted by atomic mass is 10.2. The summed E-state index contributed by atoms with van der Waals surface area (Å²) >= 11 is 1.48. The van der Waals surface area contributed by atoms with Crippen LogP contribution in [0.25, 0.3) is 5.57 Å². The molecule has 0 amide bonds. The summed E-state index contributed by atoms with van der Waals surface area (Å²) in [5.41, 5.74) is 1.53. The molecule has 0 fully saturated rings. The van der Waals surface area contributed by atoms with E-state index in [2.05, 4.69) is 18.8 Å². The second-order valence-corrected chi connectivity index (χ2v) is 5.60. The highest BCUT2D eigenvalue weighted by Crippen LogP contribution is 2.29. The van der Waals surface area contributed by atoms with Gasteiger partial charge in [-0.1, -0.05) is 13.8 Å². The number of aliphatic hydroxyl groups is 1. The van der Waals surface area contributed by atoms with E-state index >= 15 is 0 Å². The molecule has 0 aromatic carbocycles. The van der Waals surface area contributed by atoms with Crippen molar-refractivity contribution in [2.24, 2.45) is 5.92 Å². The smallest absolute Gasteiger partial charge is 0.135 e. The van der Waals surface area contributed by atoms with Gasteiger partial charge < -0.3 is 10.0 Å². The van der Waals surface area contributed by atoms with Crippen LogP contribution in [-0.2, 0) is 0 Å². The summed E-state index contributed by atoms with van der Waals surface area (Å²) < 4.78 is 0. The molecule has 0 saturated carbocycles. The SMILES string of the molecule is Cc1csc(C2=C(O)CN(CC(C)C)C2=N)n1. The van der Waals surface area contributed by atoms with Gasteiger partial charge in [-0.2, -0.15) is 0 Å². The highest BCUT2D eigenvalue weighted by molar-refractivity contribution is 7.11. The van der Waals surface area contributed by atoms with Crippen molar-refractivity contribution in [2.45, 2.75) is 20.8 Å². The maximum Gasteiger partial charge on any atom is 0.135 e. The van der Waals surface area contributed by atoms with Gasteiger partial charge in [0.15, 0.2) is 0 Å². The Bertz CT molecular complexity index is 476. The van der Waals surface area contributed by atoms with Crippen molar-refractivity contribution in [3.63, 3.8) is 0 Å². The molecule has 1 aliphatic rings. The van der Waals surface area contributed by atoms with Crippen molar-refractivity contribution in [1.29, 1.82) is 5.41 Å². The van der Waals surface area contributed by atoms with Gasteiger partial charge in [0.25, 0.3) is 0 Å². The summed E-state index contributed by atoms with van der Waals surface area (Å²) in [6.45, 7) is 7.36. The Morgan fingerprint density at radius 1 is 1.59 bits per heavy atom. The van der Waals surface area contributed by atoms with Crippen LogP contribution in [0.5, 0.6) is 0 Å². The standard InChI is InChI=1S/C12H17N3OS/c1-7(2)4-15-5-9(16)10(11(15)13)12-14-8(3)6-17-12/h6-7,13,16H,4-5H2,1-3H3. The van der Waals surface area contributed by atoms with Crippen LogP contribution in [0, 0.1) is 18.3 Å². The Kier molecular flexibility index (Phi) is 3.19. The zero-order valence-corrected chi connectivity index (χ0v) is 11.1. The molecule has 0 spiro atoms. The molecule has 2 N–H and O–H groups in total. The zero-order valence-electron chi connectivity index (χ0n) is 10.3. The van der Waals surface area contributed by atoms with E-state index in [-0.39, 0.29) is 5.76 Å². The predicted molar refractivity (Wildman–Crippen MR) is 70.5 cm³/mol. The molecular formula is C12H17N3OS. The summed E-state index contributed by atoms with van der Waals surface area (Å²) in [6, 6.07) is 0. The first-order valence-corrected chi connectivity index (χ1v) is 6.55. The molecule has 92 valence electrons. The molecule has 5 heteroatoms. The number of hydrogen-bond donors (Lipinski definition) is 2. The summed E-state index contributed by atoms with van der Waals surface area (Å²) in [7, 11) is 0. The van der Waals surface area contributed by atoms with Crippen molar-refractivity contribution in [3.8, 4) is 0 Å². The van der Waals surface area contributed by atoms with Gasteiger partial charge in [0.1, 0.15) is 16.6 Å². The first-order chi connectivity index (χ1) is 7.99. The number of aryl methyl sites for hydroxylation is 1. The fourth-order valence-corrected chi connectivity index (χ4v) is 2.79. The van der Waals surface area contributed by atoms with Crippen molar-refractivity contribution >= 4 is 22.7 Å². The van der Waals surface area contributed by atoms with Crippen LogP contribution in [-0.4, -0.2) is 33.9 Å². The fraction of sp³-hybridized carbons (Fsp3) is 0.500. The second kappa shape index (κ2) is 4.49. The summed E-state index contributed by atoms with van der Waals surface area (Å²) in [6.07, 6.45) is 0. The third kappa shape index (κ3) is 2.34. The third-order valence-electron chi connectivity index (χ3n) is 2.60. The van der Waals surface area contributed by atoms with Gasteiger partial charge in [-0.3, -0.25) is 5.41 Å². The molecule has 17 heavy (non-hydrogen) atoms. The lowest BCUT2D eigenvalue weighted by Crippen LogP contribution is -2.30. The number of amidine groups is 1. The summed E-state index contributed by atoms with van der Waals surface area (Å²) in [5, 5.41) is 20.8. The van der Waals surface area contributed by atoms with Crippen LogP contribution in [0.3, 0.4) is 0 Å². The van der Waals surface area contributed by atoms with Gasteiger partial charge in [0, 0.05) is 17.6 Å². The van der Waals surface area contributed by atoms with Gasteiger partial charge in [0.2, 0.25) is 0 Å². The van der Waals surface area contributed by atoms with E-state index in [0.717, 1.165) is 17.2 Å². The van der Waals surface area contributed by atoms with Crippen LogP contribution in [0.2, 0.25) is 0 Å². The second-order valence-electron chi connectivity index (χ2n) is 4.74. The van der Waals surface area contributed by atoms with Gasteiger partial charge in [-0.05, 0) is 12.8 Å². The first-order valence-electron chi connectivity index (χ1n) is 5.67. The minimum Gasteiger partial charge on any atom is -0.510 e. The van der Waals surface area contributed by atoms with Crippen molar-refractivity contribution in [1.82, 2.24) is 9.88 Å². The number of rotatable bonds is 3. The molecule has 1 aliphatic heterocycles. The molecule has 0 atom stereocenters. The minimum atomic E-state index is 0.269. The van der Waals surface area contributed by atoms with Gasteiger partial charge in [-0.25, -0.2) is 4.98 Å². The van der Waals surface area contributed by atoms with E-state index in [4.69, 9.17) is 5.41 Å². The third-order valence-corrected chi connectivity index (χ3v) is 3.58. The zero-order chi connectivity index (χ0) is 12.6. The van der Waals surface area contributed by atoms with E-state index in [1.807, 2.05) is 17.2 Å². The lowest BCUT2D eigenvalue weighted by molar-refractivity contribution is 0.329.